The van der Waals surface area contributed by atoms with E-state index >= 15 is 0 Å². The van der Waals surface area contributed by atoms with Crippen molar-refractivity contribution in [3.63, 3.8) is 0 Å². The number of carbonyl (C=O) groups is 1. The third kappa shape index (κ3) is 2.58. The Balaban J connectivity index is 2.82. The third-order valence-electron chi connectivity index (χ3n) is 1.84. The van der Waals surface area contributed by atoms with Gasteiger partial charge in [0.1, 0.15) is 0 Å². The van der Waals surface area contributed by atoms with Crippen molar-refractivity contribution in [1.82, 2.24) is 0 Å². The van der Waals surface area contributed by atoms with Gasteiger partial charge in [0.05, 0.1) is 0 Å². The zero-order chi connectivity index (χ0) is 9.68. The molecule has 1 rings (SSSR count). The molecule has 1 aromatic carbocycles. The molecule has 0 aromatic heterocycles. The molecule has 0 spiro atoms. The summed E-state index contributed by atoms with van der Waals surface area (Å²) in [6, 6.07) is 10.4. The van der Waals surface area contributed by atoms with Crippen LogP contribution in [0.15, 0.2) is 24.3 Å². The van der Waals surface area contributed by atoms with E-state index in [1.807, 2.05) is 24.3 Å². The minimum Gasteiger partial charge on any atom is -0.313 e. The first-order valence-corrected chi connectivity index (χ1v) is 4.50. The summed E-state index contributed by atoms with van der Waals surface area (Å²) in [7, 11) is 0. The van der Waals surface area contributed by atoms with Gasteiger partial charge in [-0.05, 0) is 24.6 Å². The van der Waals surface area contributed by atoms with Gasteiger partial charge in [-0.1, -0.05) is 19.1 Å². The van der Waals surface area contributed by atoms with Gasteiger partial charge in [0, 0.05) is 19.2 Å². The van der Waals surface area contributed by atoms with E-state index in [1.54, 1.807) is 11.8 Å². The summed E-state index contributed by atoms with van der Waals surface area (Å²) in [6.07, 6.45) is 0.970. The van der Waals surface area contributed by atoms with Crippen LogP contribution in [-0.2, 0) is 4.79 Å². The van der Waals surface area contributed by atoms with Crippen molar-refractivity contribution >= 4 is 11.6 Å². The average molecular weight is 176 g/mol. The smallest absolute Gasteiger partial charge is 0.223 e. The fraction of sp³-hybridized carbons (Fsp3) is 0.364. The van der Waals surface area contributed by atoms with Crippen LogP contribution in [0, 0.1) is 6.07 Å². The van der Waals surface area contributed by atoms with Crippen LogP contribution in [0.5, 0.6) is 0 Å². The van der Waals surface area contributed by atoms with Crippen molar-refractivity contribution < 1.29 is 4.79 Å². The van der Waals surface area contributed by atoms with Gasteiger partial charge in [0.2, 0.25) is 5.91 Å². The van der Waals surface area contributed by atoms with Crippen LogP contribution in [0.4, 0.5) is 5.69 Å². The van der Waals surface area contributed by atoms with Gasteiger partial charge in [-0.2, -0.15) is 0 Å². The Morgan fingerprint density at radius 1 is 1.46 bits per heavy atom. The maximum Gasteiger partial charge on any atom is 0.223 e. The molecule has 1 radical (unpaired) electrons. The fourth-order valence-corrected chi connectivity index (χ4v) is 1.25. The molecule has 0 saturated carbocycles. The molecule has 0 atom stereocenters. The summed E-state index contributed by atoms with van der Waals surface area (Å²) in [5, 5.41) is 0. The predicted molar refractivity (Wildman–Crippen MR) is 53.6 cm³/mol. The normalized spacial score (nSPS) is 9.69. The van der Waals surface area contributed by atoms with Gasteiger partial charge >= 0.3 is 0 Å². The van der Waals surface area contributed by atoms with Gasteiger partial charge in [0.15, 0.2) is 0 Å². The van der Waals surface area contributed by atoms with Gasteiger partial charge in [-0.25, -0.2) is 0 Å². The average Bonchev–Trinajstić information content (AvgIpc) is 2.15. The molecule has 13 heavy (non-hydrogen) atoms. The molecule has 1 aromatic rings. The second kappa shape index (κ2) is 4.65. The molecule has 69 valence electrons. The first-order valence-electron chi connectivity index (χ1n) is 4.50. The Hall–Kier alpha value is -1.31. The molecule has 2 nitrogen and oxygen atoms in total. The van der Waals surface area contributed by atoms with Crippen LogP contribution in [0.2, 0.25) is 0 Å². The monoisotopic (exact) mass is 176 g/mol. The molecular formula is C11H14NO. The van der Waals surface area contributed by atoms with E-state index in [0.29, 0.717) is 0 Å². The fourth-order valence-electron chi connectivity index (χ4n) is 1.25. The van der Waals surface area contributed by atoms with Gasteiger partial charge < -0.3 is 4.90 Å². The molecule has 2 heteroatoms. The van der Waals surface area contributed by atoms with E-state index in [4.69, 9.17) is 0 Å². The number of amides is 1. The highest BCUT2D eigenvalue weighted by Gasteiger charge is 2.08. The van der Waals surface area contributed by atoms with E-state index in [0.717, 1.165) is 18.7 Å². The van der Waals surface area contributed by atoms with E-state index in [1.165, 1.54) is 0 Å². The molecule has 0 heterocycles. The van der Waals surface area contributed by atoms with Gasteiger partial charge in [-0.15, -0.1) is 0 Å². The number of rotatable bonds is 3. The number of hydrogen-bond donors (Lipinski definition) is 0. The molecule has 0 aliphatic heterocycles. The lowest BCUT2D eigenvalue weighted by molar-refractivity contribution is -0.116. The topological polar surface area (TPSA) is 20.3 Å². The molecule has 0 unspecified atom stereocenters. The SMILES string of the molecule is CCCN(C(C)=O)c1cc[c]cc1. The second-order valence-corrected chi connectivity index (χ2v) is 2.93. The maximum atomic E-state index is 11.3. The molecule has 0 aliphatic rings. The number of carbonyl (C=O) groups excluding carboxylic acids is 1. The standard InChI is InChI=1S/C11H14NO/c1-3-9-12(10(2)13)11-7-5-4-6-8-11/h5-8H,3,9H2,1-2H3. The van der Waals surface area contributed by atoms with Crippen LogP contribution in [0.3, 0.4) is 0 Å². The molecule has 0 N–H and O–H groups in total. The van der Waals surface area contributed by atoms with Gasteiger partial charge in [0.25, 0.3) is 0 Å². The number of anilines is 1. The summed E-state index contributed by atoms with van der Waals surface area (Å²) >= 11 is 0. The van der Waals surface area contributed by atoms with Crippen molar-refractivity contribution in [1.29, 1.82) is 0 Å². The van der Waals surface area contributed by atoms with Crippen LogP contribution >= 0.6 is 0 Å². The lowest BCUT2D eigenvalue weighted by Crippen LogP contribution is -2.28. The van der Waals surface area contributed by atoms with Crippen molar-refractivity contribution in [3.05, 3.63) is 30.3 Å². The molecule has 0 aliphatic carbocycles. The molecule has 0 bridgehead atoms. The molecule has 1 amide bonds. The van der Waals surface area contributed by atoms with Crippen molar-refractivity contribution in [2.24, 2.45) is 0 Å². The summed E-state index contributed by atoms with van der Waals surface area (Å²) in [5.41, 5.74) is 0.952. The summed E-state index contributed by atoms with van der Waals surface area (Å²) in [5.74, 6) is 0.0908. The quantitative estimate of drug-likeness (QED) is 0.691. The van der Waals surface area contributed by atoms with E-state index in [-0.39, 0.29) is 5.91 Å². The van der Waals surface area contributed by atoms with Crippen LogP contribution < -0.4 is 4.90 Å². The second-order valence-electron chi connectivity index (χ2n) is 2.93. The molecule has 0 fully saturated rings. The predicted octanol–water partition coefficient (Wildman–Crippen LogP) is 2.25. The largest absolute Gasteiger partial charge is 0.313 e. The Morgan fingerprint density at radius 2 is 2.08 bits per heavy atom. The lowest BCUT2D eigenvalue weighted by atomic mass is 10.2. The number of hydrogen-bond acceptors (Lipinski definition) is 1. The van der Waals surface area contributed by atoms with Crippen LogP contribution in [0.25, 0.3) is 0 Å². The minimum absolute atomic E-state index is 0.0908. The number of benzene rings is 1. The summed E-state index contributed by atoms with van der Waals surface area (Å²) in [4.78, 5) is 13.0. The summed E-state index contributed by atoms with van der Waals surface area (Å²) < 4.78 is 0. The van der Waals surface area contributed by atoms with Crippen LogP contribution in [-0.4, -0.2) is 12.5 Å². The first kappa shape index (κ1) is 9.78. The van der Waals surface area contributed by atoms with Crippen molar-refractivity contribution in [2.45, 2.75) is 20.3 Å². The lowest BCUT2D eigenvalue weighted by Gasteiger charge is -2.19. The van der Waals surface area contributed by atoms with E-state index < -0.39 is 0 Å². The Bertz CT molecular complexity index is 269. The summed E-state index contributed by atoms with van der Waals surface area (Å²) in [6.45, 7) is 4.43. The Labute approximate surface area is 79.2 Å². The van der Waals surface area contributed by atoms with Crippen molar-refractivity contribution in [3.8, 4) is 0 Å². The Morgan fingerprint density at radius 3 is 2.54 bits per heavy atom. The highest BCUT2D eigenvalue weighted by Crippen LogP contribution is 2.13. The van der Waals surface area contributed by atoms with E-state index in [9.17, 15) is 4.79 Å². The highest BCUT2D eigenvalue weighted by molar-refractivity contribution is 5.91. The van der Waals surface area contributed by atoms with Gasteiger partial charge in [-0.3, -0.25) is 4.79 Å². The minimum atomic E-state index is 0.0908. The molecular weight excluding hydrogens is 162 g/mol. The Kier molecular flexibility index (Phi) is 3.50. The van der Waals surface area contributed by atoms with Crippen LogP contribution in [0.1, 0.15) is 20.3 Å². The first-order chi connectivity index (χ1) is 6.25. The zero-order valence-corrected chi connectivity index (χ0v) is 8.08. The maximum absolute atomic E-state index is 11.3. The molecule has 0 saturated heterocycles. The van der Waals surface area contributed by atoms with Crippen molar-refractivity contribution in [2.75, 3.05) is 11.4 Å². The highest BCUT2D eigenvalue weighted by atomic mass is 16.2. The third-order valence-corrected chi connectivity index (χ3v) is 1.84. The number of nitrogens with zero attached hydrogens (tertiary/aromatic N) is 1. The zero-order valence-electron chi connectivity index (χ0n) is 8.08. The van der Waals surface area contributed by atoms with E-state index in [2.05, 4.69) is 13.0 Å².